The van der Waals surface area contributed by atoms with Gasteiger partial charge in [0.25, 0.3) is 0 Å². The Morgan fingerprint density at radius 3 is 2.77 bits per heavy atom. The highest BCUT2D eigenvalue weighted by atomic mass is 16.7. The normalized spacial score (nSPS) is 11.8. The van der Waals surface area contributed by atoms with Crippen molar-refractivity contribution in [3.05, 3.63) is 0 Å². The van der Waals surface area contributed by atoms with Crippen molar-refractivity contribution in [2.24, 2.45) is 11.5 Å². The molecule has 6 N–H and O–H groups in total. The first-order valence-corrected chi connectivity index (χ1v) is 4.14. The van der Waals surface area contributed by atoms with Gasteiger partial charge in [0.2, 0.25) is 5.96 Å². The molecule has 0 aliphatic carbocycles. The van der Waals surface area contributed by atoms with Crippen LogP contribution in [0.2, 0.25) is 0 Å². The standard InChI is InChI=1S/C7H16N4O2/c1-2-3-4-5(8)6(12)13-11-7(9)10/h5H,2-4,8H2,1H3,(H4,9,10,11). The van der Waals surface area contributed by atoms with Gasteiger partial charge in [0.15, 0.2) is 0 Å². The summed E-state index contributed by atoms with van der Waals surface area (Å²) in [5.74, 6) is -1.01. The van der Waals surface area contributed by atoms with Crippen molar-refractivity contribution < 1.29 is 9.63 Å². The van der Waals surface area contributed by atoms with E-state index < -0.39 is 18.0 Å². The van der Waals surface area contributed by atoms with E-state index in [0.717, 1.165) is 12.8 Å². The number of carbonyl (C=O) groups excluding carboxylic acids is 1. The minimum Gasteiger partial charge on any atom is -0.368 e. The Labute approximate surface area is 77.1 Å². The van der Waals surface area contributed by atoms with E-state index in [-0.39, 0.29) is 0 Å². The molecule has 6 heteroatoms. The van der Waals surface area contributed by atoms with E-state index in [1.807, 2.05) is 12.4 Å². The number of unbranched alkanes of at least 4 members (excludes halogenated alkanes) is 1. The number of hydroxylamine groups is 1. The quantitative estimate of drug-likeness (QED) is 0.268. The van der Waals surface area contributed by atoms with Gasteiger partial charge in [-0.05, 0) is 6.42 Å². The molecule has 0 rings (SSSR count). The second-order valence-electron chi connectivity index (χ2n) is 2.69. The molecule has 0 radical (unpaired) electrons. The fourth-order valence-corrected chi connectivity index (χ4v) is 0.723. The number of guanidine groups is 1. The van der Waals surface area contributed by atoms with Crippen molar-refractivity contribution in [3.8, 4) is 0 Å². The van der Waals surface area contributed by atoms with Gasteiger partial charge >= 0.3 is 5.97 Å². The molecule has 0 bridgehead atoms. The molecule has 1 atom stereocenters. The van der Waals surface area contributed by atoms with E-state index in [0.29, 0.717) is 6.42 Å². The lowest BCUT2D eigenvalue weighted by Crippen LogP contribution is -2.39. The third-order valence-electron chi connectivity index (χ3n) is 1.43. The summed E-state index contributed by atoms with van der Waals surface area (Å²) in [4.78, 5) is 15.4. The highest BCUT2D eigenvalue weighted by Gasteiger charge is 2.14. The highest BCUT2D eigenvalue weighted by Crippen LogP contribution is 1.98. The van der Waals surface area contributed by atoms with Crippen LogP contribution in [-0.4, -0.2) is 18.0 Å². The Morgan fingerprint density at radius 2 is 2.31 bits per heavy atom. The Kier molecular flexibility index (Phi) is 5.62. The van der Waals surface area contributed by atoms with Crippen molar-refractivity contribution in [3.63, 3.8) is 0 Å². The average Bonchev–Trinajstić information content (AvgIpc) is 2.10. The number of nitrogens with one attached hydrogen (secondary N) is 2. The van der Waals surface area contributed by atoms with Crippen molar-refractivity contribution in [1.29, 1.82) is 5.41 Å². The zero-order valence-corrected chi connectivity index (χ0v) is 7.67. The SMILES string of the molecule is CCCCC(N)C(=O)ONC(=N)N. The fourth-order valence-electron chi connectivity index (χ4n) is 0.723. The molecular weight excluding hydrogens is 172 g/mol. The number of hydrogen-bond donors (Lipinski definition) is 4. The zero-order chi connectivity index (χ0) is 10.3. The summed E-state index contributed by atoms with van der Waals surface area (Å²) in [6, 6.07) is -0.646. The van der Waals surface area contributed by atoms with E-state index in [2.05, 4.69) is 4.84 Å². The second kappa shape index (κ2) is 6.24. The van der Waals surface area contributed by atoms with Gasteiger partial charge in [-0.25, -0.2) is 4.79 Å². The van der Waals surface area contributed by atoms with E-state index in [1.165, 1.54) is 0 Å². The molecule has 13 heavy (non-hydrogen) atoms. The van der Waals surface area contributed by atoms with Crippen LogP contribution >= 0.6 is 0 Å². The van der Waals surface area contributed by atoms with Gasteiger partial charge < -0.3 is 16.3 Å². The van der Waals surface area contributed by atoms with Crippen LogP contribution in [0.5, 0.6) is 0 Å². The van der Waals surface area contributed by atoms with Crippen molar-refractivity contribution in [2.75, 3.05) is 0 Å². The molecule has 6 nitrogen and oxygen atoms in total. The molecule has 0 aromatic carbocycles. The summed E-state index contributed by atoms with van der Waals surface area (Å²) in [5.41, 5.74) is 12.3. The molecule has 0 aliphatic heterocycles. The Balaban J connectivity index is 3.63. The average molecular weight is 188 g/mol. The summed E-state index contributed by atoms with van der Waals surface area (Å²) >= 11 is 0. The number of nitrogens with two attached hydrogens (primary N) is 2. The Hall–Kier alpha value is -1.30. The van der Waals surface area contributed by atoms with Gasteiger partial charge in [-0.15, -0.1) is 0 Å². The molecular formula is C7H16N4O2. The molecule has 0 saturated carbocycles. The zero-order valence-electron chi connectivity index (χ0n) is 7.67. The van der Waals surface area contributed by atoms with E-state index in [9.17, 15) is 4.79 Å². The van der Waals surface area contributed by atoms with Gasteiger partial charge in [-0.3, -0.25) is 5.41 Å². The third-order valence-corrected chi connectivity index (χ3v) is 1.43. The fraction of sp³-hybridized carbons (Fsp3) is 0.714. The van der Waals surface area contributed by atoms with Gasteiger partial charge in [-0.2, -0.15) is 5.48 Å². The van der Waals surface area contributed by atoms with Gasteiger partial charge in [0.05, 0.1) is 0 Å². The van der Waals surface area contributed by atoms with Crippen LogP contribution in [0.4, 0.5) is 0 Å². The number of carbonyl (C=O) groups is 1. The first-order valence-electron chi connectivity index (χ1n) is 4.14. The van der Waals surface area contributed by atoms with Crippen LogP contribution in [-0.2, 0) is 9.63 Å². The summed E-state index contributed by atoms with van der Waals surface area (Å²) in [6.45, 7) is 2.01. The molecule has 0 aliphatic rings. The number of hydrogen-bond acceptors (Lipinski definition) is 4. The maximum atomic E-state index is 11.0. The predicted molar refractivity (Wildman–Crippen MR) is 48.6 cm³/mol. The van der Waals surface area contributed by atoms with Crippen molar-refractivity contribution >= 4 is 11.9 Å². The second-order valence-corrected chi connectivity index (χ2v) is 2.69. The van der Waals surface area contributed by atoms with E-state index in [1.54, 1.807) is 0 Å². The van der Waals surface area contributed by atoms with Gasteiger partial charge in [0, 0.05) is 0 Å². The van der Waals surface area contributed by atoms with Crippen molar-refractivity contribution in [1.82, 2.24) is 5.48 Å². The molecule has 76 valence electrons. The van der Waals surface area contributed by atoms with Crippen LogP contribution in [0.1, 0.15) is 26.2 Å². The lowest BCUT2D eigenvalue weighted by atomic mass is 10.1. The lowest BCUT2D eigenvalue weighted by Gasteiger charge is -2.09. The summed E-state index contributed by atoms with van der Waals surface area (Å²) < 4.78 is 0. The maximum Gasteiger partial charge on any atom is 0.348 e. The molecule has 1 unspecified atom stereocenters. The summed E-state index contributed by atoms with van der Waals surface area (Å²) in [5, 5.41) is 6.72. The topological polar surface area (TPSA) is 114 Å². The Bertz CT molecular complexity index is 183. The first-order chi connectivity index (χ1) is 6.07. The summed E-state index contributed by atoms with van der Waals surface area (Å²) in [7, 11) is 0. The highest BCUT2D eigenvalue weighted by molar-refractivity contribution is 5.79. The van der Waals surface area contributed by atoms with E-state index >= 15 is 0 Å². The molecule has 0 spiro atoms. The lowest BCUT2D eigenvalue weighted by molar-refractivity contribution is -0.149. The molecule has 0 aromatic heterocycles. The Morgan fingerprint density at radius 1 is 1.69 bits per heavy atom. The monoisotopic (exact) mass is 188 g/mol. The smallest absolute Gasteiger partial charge is 0.348 e. The van der Waals surface area contributed by atoms with Crippen LogP contribution < -0.4 is 16.9 Å². The maximum absolute atomic E-state index is 11.0. The summed E-state index contributed by atoms with van der Waals surface area (Å²) in [6.07, 6.45) is 2.42. The largest absolute Gasteiger partial charge is 0.368 e. The van der Waals surface area contributed by atoms with Crippen LogP contribution in [0, 0.1) is 5.41 Å². The van der Waals surface area contributed by atoms with Crippen LogP contribution in [0.25, 0.3) is 0 Å². The minimum absolute atomic E-state index is 0.420. The predicted octanol–water partition coefficient (Wildman–Crippen LogP) is -0.555. The third kappa shape index (κ3) is 5.92. The molecule has 0 amide bonds. The van der Waals surface area contributed by atoms with E-state index in [4.69, 9.17) is 16.9 Å². The van der Waals surface area contributed by atoms with Gasteiger partial charge in [0.1, 0.15) is 6.04 Å². The van der Waals surface area contributed by atoms with Crippen LogP contribution in [0.3, 0.4) is 0 Å². The number of rotatable bonds is 4. The molecule has 0 fully saturated rings. The van der Waals surface area contributed by atoms with Crippen LogP contribution in [0.15, 0.2) is 0 Å². The van der Waals surface area contributed by atoms with Crippen molar-refractivity contribution in [2.45, 2.75) is 32.2 Å². The van der Waals surface area contributed by atoms with Gasteiger partial charge in [-0.1, -0.05) is 19.8 Å². The molecule has 0 aromatic rings. The molecule has 0 saturated heterocycles. The minimum atomic E-state index is -0.646. The molecule has 0 heterocycles. The first kappa shape index (κ1) is 11.7.